The molecule has 0 saturated carbocycles. The van der Waals surface area contributed by atoms with Crippen molar-refractivity contribution < 1.29 is 0 Å². The third-order valence-corrected chi connectivity index (χ3v) is 4.09. The van der Waals surface area contributed by atoms with Crippen LogP contribution in [0.2, 0.25) is 0 Å². The maximum Gasteiger partial charge on any atom is 0.0104 e. The molecular weight excluding hydrogens is 226 g/mol. The monoisotopic (exact) mass is 251 g/mol. The summed E-state index contributed by atoms with van der Waals surface area (Å²) in [5.74, 6) is 1.20. The summed E-state index contributed by atoms with van der Waals surface area (Å²) >= 11 is 1.98. The Bertz CT molecular complexity index is 336. The van der Waals surface area contributed by atoms with Crippen LogP contribution in [0.15, 0.2) is 23.1 Å². The molecule has 0 aliphatic heterocycles. The summed E-state index contributed by atoms with van der Waals surface area (Å²) in [5, 5.41) is 3.53. The SMILES string of the molecule is CCCNC(C)CCSc1cc(C)ccc1C. The van der Waals surface area contributed by atoms with Crippen molar-refractivity contribution in [3.05, 3.63) is 29.3 Å². The molecule has 0 aromatic heterocycles. The minimum Gasteiger partial charge on any atom is -0.314 e. The van der Waals surface area contributed by atoms with Gasteiger partial charge in [0.1, 0.15) is 0 Å². The van der Waals surface area contributed by atoms with Crippen molar-refractivity contribution in [2.24, 2.45) is 0 Å². The van der Waals surface area contributed by atoms with E-state index >= 15 is 0 Å². The van der Waals surface area contributed by atoms with Gasteiger partial charge >= 0.3 is 0 Å². The van der Waals surface area contributed by atoms with E-state index in [1.165, 1.54) is 34.6 Å². The molecule has 96 valence electrons. The van der Waals surface area contributed by atoms with Gasteiger partial charge in [-0.3, -0.25) is 0 Å². The zero-order chi connectivity index (χ0) is 12.7. The average molecular weight is 251 g/mol. The molecular formula is C15H25NS. The van der Waals surface area contributed by atoms with Gasteiger partial charge in [-0.1, -0.05) is 24.6 Å². The van der Waals surface area contributed by atoms with Crippen LogP contribution in [0.5, 0.6) is 0 Å². The first kappa shape index (κ1) is 14.6. The van der Waals surface area contributed by atoms with Crippen molar-refractivity contribution in [3.8, 4) is 0 Å². The van der Waals surface area contributed by atoms with Crippen molar-refractivity contribution >= 4 is 11.8 Å². The zero-order valence-electron chi connectivity index (χ0n) is 11.5. The zero-order valence-corrected chi connectivity index (χ0v) is 12.4. The van der Waals surface area contributed by atoms with Gasteiger partial charge in [0.15, 0.2) is 0 Å². The Morgan fingerprint density at radius 2 is 2.06 bits per heavy atom. The first-order chi connectivity index (χ1) is 8.13. The number of thioether (sulfide) groups is 1. The normalized spacial score (nSPS) is 12.7. The van der Waals surface area contributed by atoms with E-state index in [0.717, 1.165) is 6.54 Å². The van der Waals surface area contributed by atoms with Crippen LogP contribution in [0.3, 0.4) is 0 Å². The molecule has 0 aliphatic rings. The molecule has 1 aromatic rings. The van der Waals surface area contributed by atoms with Crippen LogP contribution in [0.1, 0.15) is 37.8 Å². The Morgan fingerprint density at radius 3 is 2.76 bits per heavy atom. The van der Waals surface area contributed by atoms with Crippen molar-refractivity contribution in [2.75, 3.05) is 12.3 Å². The lowest BCUT2D eigenvalue weighted by Gasteiger charge is -2.13. The molecule has 0 aliphatic carbocycles. The first-order valence-electron chi connectivity index (χ1n) is 6.57. The Morgan fingerprint density at radius 1 is 1.29 bits per heavy atom. The molecule has 0 radical (unpaired) electrons. The van der Waals surface area contributed by atoms with E-state index < -0.39 is 0 Å². The number of aryl methyl sites for hydroxylation is 2. The van der Waals surface area contributed by atoms with Crippen molar-refractivity contribution in [2.45, 2.75) is 51.5 Å². The maximum atomic E-state index is 3.53. The average Bonchev–Trinajstić information content (AvgIpc) is 2.31. The minimum atomic E-state index is 0.632. The van der Waals surface area contributed by atoms with Crippen LogP contribution in [-0.4, -0.2) is 18.3 Å². The molecule has 1 aromatic carbocycles. The van der Waals surface area contributed by atoms with Crippen molar-refractivity contribution in [1.29, 1.82) is 0 Å². The highest BCUT2D eigenvalue weighted by Crippen LogP contribution is 2.24. The second-order valence-electron chi connectivity index (χ2n) is 4.76. The summed E-state index contributed by atoms with van der Waals surface area (Å²) in [7, 11) is 0. The number of nitrogens with one attached hydrogen (secondary N) is 1. The second kappa shape index (κ2) is 7.78. The van der Waals surface area contributed by atoms with Crippen LogP contribution in [0.25, 0.3) is 0 Å². The van der Waals surface area contributed by atoms with Gasteiger partial charge < -0.3 is 5.32 Å². The molecule has 0 heterocycles. The summed E-state index contributed by atoms with van der Waals surface area (Å²) in [5.41, 5.74) is 2.75. The largest absolute Gasteiger partial charge is 0.314 e. The van der Waals surface area contributed by atoms with Crippen LogP contribution < -0.4 is 5.32 Å². The van der Waals surface area contributed by atoms with Crippen molar-refractivity contribution in [3.63, 3.8) is 0 Å². The molecule has 1 unspecified atom stereocenters. The van der Waals surface area contributed by atoms with Gasteiger partial charge in [0, 0.05) is 10.9 Å². The van der Waals surface area contributed by atoms with E-state index in [0.29, 0.717) is 6.04 Å². The van der Waals surface area contributed by atoms with Gasteiger partial charge in [0.2, 0.25) is 0 Å². The minimum absolute atomic E-state index is 0.632. The highest BCUT2D eigenvalue weighted by atomic mass is 32.2. The standard InChI is InChI=1S/C15H25NS/c1-5-9-16-14(4)8-10-17-15-11-12(2)6-7-13(15)3/h6-7,11,14,16H,5,8-10H2,1-4H3. The molecule has 2 heteroatoms. The van der Waals surface area contributed by atoms with Gasteiger partial charge in [-0.25, -0.2) is 0 Å². The molecule has 0 saturated heterocycles. The molecule has 0 bridgehead atoms. The van der Waals surface area contributed by atoms with E-state index in [-0.39, 0.29) is 0 Å². The number of rotatable bonds is 7. The maximum absolute atomic E-state index is 3.53. The highest BCUT2D eigenvalue weighted by molar-refractivity contribution is 7.99. The van der Waals surface area contributed by atoms with E-state index in [2.05, 4.69) is 51.2 Å². The smallest absolute Gasteiger partial charge is 0.0104 e. The van der Waals surface area contributed by atoms with E-state index in [1.807, 2.05) is 11.8 Å². The fourth-order valence-electron chi connectivity index (χ4n) is 1.70. The molecule has 1 atom stereocenters. The lowest BCUT2D eigenvalue weighted by Crippen LogP contribution is -2.27. The van der Waals surface area contributed by atoms with Crippen LogP contribution in [0, 0.1) is 13.8 Å². The highest BCUT2D eigenvalue weighted by Gasteiger charge is 2.03. The summed E-state index contributed by atoms with van der Waals surface area (Å²) in [6.07, 6.45) is 2.45. The third-order valence-electron chi connectivity index (χ3n) is 2.89. The summed E-state index contributed by atoms with van der Waals surface area (Å²) in [4.78, 5) is 1.44. The first-order valence-corrected chi connectivity index (χ1v) is 7.55. The van der Waals surface area contributed by atoms with Gasteiger partial charge in [-0.2, -0.15) is 0 Å². The van der Waals surface area contributed by atoms with Gasteiger partial charge in [0.25, 0.3) is 0 Å². The predicted octanol–water partition coefficient (Wildman–Crippen LogP) is 4.17. The lowest BCUT2D eigenvalue weighted by atomic mass is 10.2. The van der Waals surface area contributed by atoms with Gasteiger partial charge in [-0.05, 0) is 57.5 Å². The summed E-state index contributed by atoms with van der Waals surface area (Å²) in [6.45, 7) is 9.98. The van der Waals surface area contributed by atoms with Gasteiger partial charge in [0.05, 0.1) is 0 Å². The molecule has 1 rings (SSSR count). The summed E-state index contributed by atoms with van der Waals surface area (Å²) < 4.78 is 0. The van der Waals surface area contributed by atoms with Crippen molar-refractivity contribution in [1.82, 2.24) is 5.32 Å². The fourth-order valence-corrected chi connectivity index (χ4v) is 2.96. The molecule has 1 N–H and O–H groups in total. The Kier molecular flexibility index (Phi) is 6.68. The van der Waals surface area contributed by atoms with E-state index in [9.17, 15) is 0 Å². The number of hydrogen-bond acceptors (Lipinski definition) is 2. The predicted molar refractivity (Wildman–Crippen MR) is 79.0 cm³/mol. The Hall–Kier alpha value is -0.470. The third kappa shape index (κ3) is 5.60. The van der Waals surface area contributed by atoms with Gasteiger partial charge in [-0.15, -0.1) is 11.8 Å². The molecule has 17 heavy (non-hydrogen) atoms. The second-order valence-corrected chi connectivity index (χ2v) is 5.90. The fraction of sp³-hybridized carbons (Fsp3) is 0.600. The van der Waals surface area contributed by atoms with Crippen LogP contribution >= 0.6 is 11.8 Å². The van der Waals surface area contributed by atoms with Crippen LogP contribution in [0.4, 0.5) is 0 Å². The number of hydrogen-bond donors (Lipinski definition) is 1. The summed E-state index contributed by atoms with van der Waals surface area (Å²) in [6, 6.07) is 7.33. The number of benzene rings is 1. The Balaban J connectivity index is 2.32. The molecule has 1 nitrogen and oxygen atoms in total. The molecule has 0 amide bonds. The topological polar surface area (TPSA) is 12.0 Å². The lowest BCUT2D eigenvalue weighted by molar-refractivity contribution is 0.536. The van der Waals surface area contributed by atoms with E-state index in [4.69, 9.17) is 0 Å². The van der Waals surface area contributed by atoms with Crippen LogP contribution in [-0.2, 0) is 0 Å². The van der Waals surface area contributed by atoms with E-state index in [1.54, 1.807) is 0 Å². The quantitative estimate of drug-likeness (QED) is 0.730. The molecule has 0 fully saturated rings. The Labute approximate surface area is 110 Å². The molecule has 0 spiro atoms.